The molecule has 2 rings (SSSR count). The Morgan fingerprint density at radius 3 is 2.75 bits per heavy atom. The lowest BCUT2D eigenvalue weighted by molar-refractivity contribution is 0.0685. The molecular weight excluding hydrogens is 208 g/mol. The summed E-state index contributed by atoms with van der Waals surface area (Å²) in [5.41, 5.74) is 2.05. The first-order chi connectivity index (χ1) is 7.69. The monoisotopic (exact) mass is 220 g/mol. The molecule has 2 heterocycles. The maximum absolute atomic E-state index is 11.2. The number of aromatic nitrogens is 4. The van der Waals surface area contributed by atoms with E-state index >= 15 is 0 Å². The number of nitrogens with zero attached hydrogens (tertiary/aromatic N) is 4. The second kappa shape index (κ2) is 3.88. The standard InChI is InChI=1S/C10H12N4O2/c1-3-6-5-11-9-7(4-2)12-13-14(9)8(6)10(15)16/h5H,3-4H2,1-2H3,(H,15,16). The average Bonchev–Trinajstić information content (AvgIpc) is 2.69. The number of fused-ring (bicyclic) bond motifs is 1. The summed E-state index contributed by atoms with van der Waals surface area (Å²) in [5.74, 6) is -1.00. The lowest BCUT2D eigenvalue weighted by Crippen LogP contribution is -2.11. The van der Waals surface area contributed by atoms with Crippen molar-refractivity contribution in [1.29, 1.82) is 0 Å². The summed E-state index contributed by atoms with van der Waals surface area (Å²) in [6, 6.07) is 0. The van der Waals surface area contributed by atoms with Crippen molar-refractivity contribution < 1.29 is 9.90 Å². The van der Waals surface area contributed by atoms with Crippen LogP contribution in [0.25, 0.3) is 5.65 Å². The van der Waals surface area contributed by atoms with Gasteiger partial charge < -0.3 is 5.11 Å². The minimum atomic E-state index is -1.00. The van der Waals surface area contributed by atoms with Crippen LogP contribution in [-0.2, 0) is 12.8 Å². The van der Waals surface area contributed by atoms with Gasteiger partial charge in [-0.2, -0.15) is 4.52 Å². The third-order valence-corrected chi connectivity index (χ3v) is 2.49. The fourth-order valence-corrected chi connectivity index (χ4v) is 1.64. The highest BCUT2D eigenvalue weighted by Crippen LogP contribution is 2.13. The Kier molecular flexibility index (Phi) is 2.55. The molecule has 2 aromatic rings. The molecule has 0 radical (unpaired) electrons. The Morgan fingerprint density at radius 1 is 1.44 bits per heavy atom. The van der Waals surface area contributed by atoms with E-state index in [9.17, 15) is 4.79 Å². The fraction of sp³-hybridized carbons (Fsp3) is 0.400. The van der Waals surface area contributed by atoms with Crippen LogP contribution in [0, 0.1) is 0 Å². The van der Waals surface area contributed by atoms with E-state index in [0.29, 0.717) is 29.7 Å². The minimum Gasteiger partial charge on any atom is -0.476 e. The van der Waals surface area contributed by atoms with Crippen molar-refractivity contribution in [2.45, 2.75) is 26.7 Å². The van der Waals surface area contributed by atoms with Gasteiger partial charge in [-0.05, 0) is 12.8 Å². The number of carbonyl (C=O) groups is 1. The molecule has 6 nitrogen and oxygen atoms in total. The predicted molar refractivity (Wildman–Crippen MR) is 56.5 cm³/mol. The summed E-state index contributed by atoms with van der Waals surface area (Å²) in [4.78, 5) is 15.4. The first-order valence-corrected chi connectivity index (χ1v) is 5.14. The molecule has 0 aliphatic heterocycles. The average molecular weight is 220 g/mol. The van der Waals surface area contributed by atoms with E-state index in [4.69, 9.17) is 5.11 Å². The molecule has 0 aliphatic rings. The summed E-state index contributed by atoms with van der Waals surface area (Å²) in [6.07, 6.45) is 2.87. The van der Waals surface area contributed by atoms with Crippen LogP contribution >= 0.6 is 0 Å². The third-order valence-electron chi connectivity index (χ3n) is 2.49. The number of hydrogen-bond donors (Lipinski definition) is 1. The SMILES string of the molecule is CCc1cnc2c(CC)nnn2c1C(=O)O. The van der Waals surface area contributed by atoms with Crippen molar-refractivity contribution in [1.82, 2.24) is 19.8 Å². The van der Waals surface area contributed by atoms with E-state index in [1.165, 1.54) is 4.52 Å². The van der Waals surface area contributed by atoms with E-state index < -0.39 is 5.97 Å². The molecule has 84 valence electrons. The van der Waals surface area contributed by atoms with E-state index in [1.54, 1.807) is 6.20 Å². The van der Waals surface area contributed by atoms with Crippen molar-refractivity contribution in [3.8, 4) is 0 Å². The Morgan fingerprint density at radius 2 is 2.19 bits per heavy atom. The van der Waals surface area contributed by atoms with Crippen LogP contribution in [0.3, 0.4) is 0 Å². The third kappa shape index (κ3) is 1.42. The van der Waals surface area contributed by atoms with Crippen molar-refractivity contribution >= 4 is 11.6 Å². The Bertz CT molecular complexity index is 547. The molecule has 0 fully saturated rings. The van der Waals surface area contributed by atoms with Crippen LogP contribution in [0.4, 0.5) is 0 Å². The van der Waals surface area contributed by atoms with Crippen LogP contribution in [0.1, 0.15) is 35.6 Å². The summed E-state index contributed by atoms with van der Waals surface area (Å²) in [5, 5.41) is 16.9. The Hall–Kier alpha value is -1.98. The zero-order valence-electron chi connectivity index (χ0n) is 9.14. The van der Waals surface area contributed by atoms with E-state index in [0.717, 1.165) is 0 Å². The van der Waals surface area contributed by atoms with Crippen LogP contribution in [0.15, 0.2) is 6.20 Å². The summed E-state index contributed by atoms with van der Waals surface area (Å²) in [6.45, 7) is 3.81. The van der Waals surface area contributed by atoms with Gasteiger partial charge >= 0.3 is 5.97 Å². The number of hydrogen-bond acceptors (Lipinski definition) is 4. The molecule has 0 aliphatic carbocycles. The molecule has 0 saturated carbocycles. The fourth-order valence-electron chi connectivity index (χ4n) is 1.64. The second-order valence-corrected chi connectivity index (χ2v) is 3.42. The first kappa shape index (κ1) is 10.5. The Labute approximate surface area is 91.9 Å². The van der Waals surface area contributed by atoms with Gasteiger partial charge in [0.15, 0.2) is 11.3 Å². The lowest BCUT2D eigenvalue weighted by atomic mass is 10.2. The molecule has 0 unspecified atom stereocenters. The zero-order chi connectivity index (χ0) is 11.7. The maximum atomic E-state index is 11.2. The quantitative estimate of drug-likeness (QED) is 0.832. The minimum absolute atomic E-state index is 0.153. The van der Waals surface area contributed by atoms with Gasteiger partial charge in [-0.15, -0.1) is 5.10 Å². The van der Waals surface area contributed by atoms with E-state index in [-0.39, 0.29) is 5.69 Å². The van der Waals surface area contributed by atoms with Crippen molar-refractivity contribution in [3.63, 3.8) is 0 Å². The highest BCUT2D eigenvalue weighted by Gasteiger charge is 2.17. The summed E-state index contributed by atoms with van der Waals surface area (Å²) in [7, 11) is 0. The molecule has 1 N–H and O–H groups in total. The van der Waals surface area contributed by atoms with Gasteiger partial charge in [-0.1, -0.05) is 19.1 Å². The number of rotatable bonds is 3. The van der Waals surface area contributed by atoms with Gasteiger partial charge in [0, 0.05) is 11.8 Å². The second-order valence-electron chi connectivity index (χ2n) is 3.42. The number of aryl methyl sites for hydroxylation is 2. The highest BCUT2D eigenvalue weighted by atomic mass is 16.4. The van der Waals surface area contributed by atoms with Crippen LogP contribution in [0.5, 0.6) is 0 Å². The van der Waals surface area contributed by atoms with Gasteiger partial charge in [0.1, 0.15) is 5.69 Å². The number of carboxylic acid groups (broad SMARTS) is 1. The van der Waals surface area contributed by atoms with E-state index in [2.05, 4.69) is 15.3 Å². The number of carboxylic acids is 1. The van der Waals surface area contributed by atoms with Crippen molar-refractivity contribution in [3.05, 3.63) is 23.1 Å². The molecule has 0 spiro atoms. The van der Waals surface area contributed by atoms with Crippen molar-refractivity contribution in [2.24, 2.45) is 0 Å². The normalized spacial score (nSPS) is 10.9. The van der Waals surface area contributed by atoms with Gasteiger partial charge in [0.05, 0.1) is 0 Å². The van der Waals surface area contributed by atoms with Crippen LogP contribution < -0.4 is 0 Å². The predicted octanol–water partition coefficient (Wildman–Crippen LogP) is 0.947. The summed E-state index contributed by atoms with van der Waals surface area (Å²) >= 11 is 0. The van der Waals surface area contributed by atoms with Crippen LogP contribution in [0.2, 0.25) is 0 Å². The van der Waals surface area contributed by atoms with Crippen molar-refractivity contribution in [2.75, 3.05) is 0 Å². The molecule has 0 aromatic carbocycles. The molecule has 6 heteroatoms. The van der Waals surface area contributed by atoms with Gasteiger partial charge in [0.2, 0.25) is 0 Å². The molecule has 0 atom stereocenters. The first-order valence-electron chi connectivity index (χ1n) is 5.14. The molecule has 0 bridgehead atoms. The molecule has 0 amide bonds. The largest absolute Gasteiger partial charge is 0.476 e. The van der Waals surface area contributed by atoms with Gasteiger partial charge in [0.25, 0.3) is 0 Å². The number of aromatic carboxylic acids is 1. The topological polar surface area (TPSA) is 80.4 Å². The highest BCUT2D eigenvalue weighted by molar-refractivity contribution is 5.88. The van der Waals surface area contributed by atoms with Gasteiger partial charge in [-0.25, -0.2) is 9.78 Å². The van der Waals surface area contributed by atoms with E-state index in [1.807, 2.05) is 13.8 Å². The molecule has 0 saturated heterocycles. The zero-order valence-corrected chi connectivity index (χ0v) is 9.14. The Balaban J connectivity index is 2.80. The molecule has 2 aromatic heterocycles. The molecule has 16 heavy (non-hydrogen) atoms. The van der Waals surface area contributed by atoms with Crippen LogP contribution in [-0.4, -0.2) is 30.9 Å². The maximum Gasteiger partial charge on any atom is 0.355 e. The lowest BCUT2D eigenvalue weighted by Gasteiger charge is -2.04. The summed E-state index contributed by atoms with van der Waals surface area (Å²) < 4.78 is 1.31. The van der Waals surface area contributed by atoms with Gasteiger partial charge in [-0.3, -0.25) is 0 Å². The smallest absolute Gasteiger partial charge is 0.355 e. The molecular formula is C10H12N4O2.